The summed E-state index contributed by atoms with van der Waals surface area (Å²) in [6, 6.07) is 6.10. The Morgan fingerprint density at radius 1 is 1.33 bits per heavy atom. The Hall–Kier alpha value is -1.75. The van der Waals surface area contributed by atoms with Gasteiger partial charge in [-0.05, 0) is 6.07 Å². The Morgan fingerprint density at radius 3 is 3.06 bits per heavy atom. The van der Waals surface area contributed by atoms with E-state index in [1.807, 2.05) is 18.2 Å². The quantitative estimate of drug-likeness (QED) is 0.814. The van der Waals surface area contributed by atoms with Gasteiger partial charge in [-0.3, -0.25) is 4.79 Å². The van der Waals surface area contributed by atoms with Gasteiger partial charge in [-0.25, -0.2) is 0 Å². The van der Waals surface area contributed by atoms with E-state index >= 15 is 0 Å². The summed E-state index contributed by atoms with van der Waals surface area (Å²) in [5.74, 6) is 1.75. The Labute approximate surface area is 105 Å². The molecule has 0 spiro atoms. The monoisotopic (exact) mass is 248 g/mol. The van der Waals surface area contributed by atoms with E-state index in [1.54, 1.807) is 0 Å². The van der Waals surface area contributed by atoms with Gasteiger partial charge >= 0.3 is 0 Å². The van der Waals surface area contributed by atoms with E-state index in [-0.39, 0.29) is 11.9 Å². The summed E-state index contributed by atoms with van der Waals surface area (Å²) in [5.41, 5.74) is 1.08. The van der Waals surface area contributed by atoms with Gasteiger partial charge in [-0.15, -0.1) is 0 Å². The Kier molecular flexibility index (Phi) is 3.06. The van der Waals surface area contributed by atoms with Crippen molar-refractivity contribution in [3.05, 3.63) is 23.8 Å². The molecule has 1 unspecified atom stereocenters. The Balaban J connectivity index is 1.67. The van der Waals surface area contributed by atoms with E-state index in [0.717, 1.165) is 17.1 Å². The zero-order valence-corrected chi connectivity index (χ0v) is 10.1. The third-order valence-corrected chi connectivity index (χ3v) is 3.21. The van der Waals surface area contributed by atoms with Crippen LogP contribution in [0.15, 0.2) is 18.2 Å². The maximum atomic E-state index is 11.1. The standard InChI is InChI=1S/C13H16N2O3/c16-12-6-10(8-15-12)14-7-9-2-1-3-11-13(9)18-5-4-17-11/h1-3,10,14H,4-8H2,(H,15,16). The van der Waals surface area contributed by atoms with Gasteiger partial charge in [0, 0.05) is 31.1 Å². The second-order valence-electron chi connectivity index (χ2n) is 4.53. The molecular weight excluding hydrogens is 232 g/mol. The molecule has 2 N–H and O–H groups in total. The van der Waals surface area contributed by atoms with Crippen molar-refractivity contribution in [2.75, 3.05) is 19.8 Å². The molecule has 1 fully saturated rings. The highest BCUT2D eigenvalue weighted by molar-refractivity contribution is 5.78. The van der Waals surface area contributed by atoms with Gasteiger partial charge in [-0.1, -0.05) is 12.1 Å². The van der Waals surface area contributed by atoms with E-state index in [1.165, 1.54) is 0 Å². The summed E-state index contributed by atoms with van der Waals surface area (Å²) < 4.78 is 11.2. The molecular formula is C13H16N2O3. The number of hydrogen-bond donors (Lipinski definition) is 2. The fourth-order valence-corrected chi connectivity index (χ4v) is 2.28. The molecule has 5 heteroatoms. The molecule has 0 aromatic heterocycles. The van der Waals surface area contributed by atoms with Crippen LogP contribution in [0.4, 0.5) is 0 Å². The van der Waals surface area contributed by atoms with Gasteiger partial charge in [0.25, 0.3) is 0 Å². The fourth-order valence-electron chi connectivity index (χ4n) is 2.28. The summed E-state index contributed by atoms with van der Waals surface area (Å²) in [6.07, 6.45) is 0.548. The van der Waals surface area contributed by atoms with Crippen LogP contribution in [0.2, 0.25) is 0 Å². The first kappa shape index (κ1) is 11.3. The minimum atomic E-state index is 0.113. The lowest BCUT2D eigenvalue weighted by Crippen LogP contribution is -2.30. The summed E-state index contributed by atoms with van der Waals surface area (Å²) in [6.45, 7) is 2.58. The highest BCUT2D eigenvalue weighted by Crippen LogP contribution is 2.33. The van der Waals surface area contributed by atoms with E-state index in [2.05, 4.69) is 10.6 Å². The number of hydrogen-bond acceptors (Lipinski definition) is 4. The van der Waals surface area contributed by atoms with Crippen molar-refractivity contribution in [1.29, 1.82) is 0 Å². The number of benzene rings is 1. The average Bonchev–Trinajstić information content (AvgIpc) is 2.82. The van der Waals surface area contributed by atoms with Crippen molar-refractivity contribution < 1.29 is 14.3 Å². The smallest absolute Gasteiger partial charge is 0.221 e. The minimum absolute atomic E-state index is 0.113. The number of para-hydroxylation sites is 1. The Bertz CT molecular complexity index is 462. The molecule has 0 saturated carbocycles. The average molecular weight is 248 g/mol. The van der Waals surface area contributed by atoms with Crippen LogP contribution in [-0.2, 0) is 11.3 Å². The predicted octanol–water partition coefficient (Wildman–Crippen LogP) is 0.436. The molecule has 0 bridgehead atoms. The van der Waals surface area contributed by atoms with Gasteiger partial charge < -0.3 is 20.1 Å². The Morgan fingerprint density at radius 2 is 2.22 bits per heavy atom. The molecule has 18 heavy (non-hydrogen) atoms. The van der Waals surface area contributed by atoms with Crippen molar-refractivity contribution in [3.63, 3.8) is 0 Å². The number of amides is 1. The molecule has 2 heterocycles. The molecule has 5 nitrogen and oxygen atoms in total. The van der Waals surface area contributed by atoms with Crippen molar-refractivity contribution >= 4 is 5.91 Å². The van der Waals surface area contributed by atoms with E-state index in [0.29, 0.717) is 32.7 Å². The predicted molar refractivity (Wildman–Crippen MR) is 65.7 cm³/mol. The lowest BCUT2D eigenvalue weighted by atomic mass is 10.1. The van der Waals surface area contributed by atoms with Crippen LogP contribution in [-0.4, -0.2) is 31.7 Å². The lowest BCUT2D eigenvalue weighted by molar-refractivity contribution is -0.119. The second kappa shape index (κ2) is 4.86. The number of carbonyl (C=O) groups is 1. The molecule has 1 aromatic carbocycles. The maximum Gasteiger partial charge on any atom is 0.221 e. The number of rotatable bonds is 3. The van der Waals surface area contributed by atoms with Crippen LogP contribution in [0.1, 0.15) is 12.0 Å². The number of fused-ring (bicyclic) bond motifs is 1. The van der Waals surface area contributed by atoms with E-state index < -0.39 is 0 Å². The molecule has 0 radical (unpaired) electrons. The number of carbonyl (C=O) groups excluding carboxylic acids is 1. The molecule has 1 atom stereocenters. The number of nitrogens with one attached hydrogen (secondary N) is 2. The first-order chi connectivity index (χ1) is 8.83. The van der Waals surface area contributed by atoms with Crippen LogP contribution >= 0.6 is 0 Å². The van der Waals surface area contributed by atoms with E-state index in [9.17, 15) is 4.79 Å². The van der Waals surface area contributed by atoms with Crippen molar-refractivity contribution in [3.8, 4) is 11.5 Å². The van der Waals surface area contributed by atoms with Crippen LogP contribution < -0.4 is 20.1 Å². The first-order valence-corrected chi connectivity index (χ1v) is 6.20. The maximum absolute atomic E-state index is 11.1. The highest BCUT2D eigenvalue weighted by Gasteiger charge is 2.22. The largest absolute Gasteiger partial charge is 0.486 e. The topological polar surface area (TPSA) is 59.6 Å². The third-order valence-electron chi connectivity index (χ3n) is 3.21. The second-order valence-corrected chi connectivity index (χ2v) is 4.53. The lowest BCUT2D eigenvalue weighted by Gasteiger charge is -2.21. The van der Waals surface area contributed by atoms with Gasteiger partial charge in [-0.2, -0.15) is 0 Å². The van der Waals surface area contributed by atoms with Gasteiger partial charge in [0.05, 0.1) is 0 Å². The normalized spacial score (nSPS) is 21.8. The fraction of sp³-hybridized carbons (Fsp3) is 0.462. The molecule has 1 amide bonds. The molecule has 1 aromatic rings. The zero-order valence-electron chi connectivity index (χ0n) is 10.1. The van der Waals surface area contributed by atoms with Gasteiger partial charge in [0.2, 0.25) is 5.91 Å². The molecule has 0 aliphatic carbocycles. The first-order valence-electron chi connectivity index (χ1n) is 6.20. The molecule has 3 rings (SSSR count). The van der Waals surface area contributed by atoms with Crippen LogP contribution in [0, 0.1) is 0 Å². The zero-order chi connectivity index (χ0) is 12.4. The van der Waals surface area contributed by atoms with Crippen molar-refractivity contribution in [1.82, 2.24) is 10.6 Å². The van der Waals surface area contributed by atoms with Crippen molar-refractivity contribution in [2.24, 2.45) is 0 Å². The van der Waals surface area contributed by atoms with Gasteiger partial charge in [0.15, 0.2) is 11.5 Å². The van der Waals surface area contributed by atoms with Crippen LogP contribution in [0.5, 0.6) is 11.5 Å². The van der Waals surface area contributed by atoms with Crippen LogP contribution in [0.25, 0.3) is 0 Å². The molecule has 2 aliphatic rings. The SMILES string of the molecule is O=C1CC(NCc2cccc3c2OCCO3)CN1. The summed E-state index contributed by atoms with van der Waals surface area (Å²) in [5, 5.41) is 6.17. The summed E-state index contributed by atoms with van der Waals surface area (Å²) in [4.78, 5) is 11.1. The van der Waals surface area contributed by atoms with Gasteiger partial charge in [0.1, 0.15) is 13.2 Å². The van der Waals surface area contributed by atoms with Crippen molar-refractivity contribution in [2.45, 2.75) is 19.0 Å². The molecule has 2 aliphatic heterocycles. The van der Waals surface area contributed by atoms with Crippen LogP contribution in [0.3, 0.4) is 0 Å². The van der Waals surface area contributed by atoms with E-state index in [4.69, 9.17) is 9.47 Å². The third kappa shape index (κ3) is 2.26. The number of ether oxygens (including phenoxy) is 2. The minimum Gasteiger partial charge on any atom is -0.486 e. The summed E-state index contributed by atoms with van der Waals surface area (Å²) >= 11 is 0. The molecule has 96 valence electrons. The highest BCUT2D eigenvalue weighted by atomic mass is 16.6. The summed E-state index contributed by atoms with van der Waals surface area (Å²) in [7, 11) is 0. The molecule has 1 saturated heterocycles.